The molecule has 1 heterocycles. The SMILES string of the molecule is Cn1cc(C(N)C(=O)N(CC(=O)O)CC2CC2)cn1. The van der Waals surface area contributed by atoms with E-state index in [0.29, 0.717) is 18.0 Å². The zero-order valence-corrected chi connectivity index (χ0v) is 10.8. The quantitative estimate of drug-likeness (QED) is 0.739. The van der Waals surface area contributed by atoms with Crippen LogP contribution in [0.4, 0.5) is 0 Å². The van der Waals surface area contributed by atoms with Gasteiger partial charge in [0.1, 0.15) is 12.6 Å². The lowest BCUT2D eigenvalue weighted by Gasteiger charge is -2.23. The molecule has 1 aromatic heterocycles. The Kier molecular flexibility index (Phi) is 3.84. The molecule has 0 aromatic carbocycles. The molecule has 2 rings (SSSR count). The number of carboxylic acid groups (broad SMARTS) is 1. The molecule has 1 saturated carbocycles. The van der Waals surface area contributed by atoms with E-state index in [9.17, 15) is 9.59 Å². The molecule has 0 bridgehead atoms. The molecular formula is C12H18N4O3. The maximum atomic E-state index is 12.3. The molecule has 7 heteroatoms. The highest BCUT2D eigenvalue weighted by atomic mass is 16.4. The van der Waals surface area contributed by atoms with Gasteiger partial charge in [0.25, 0.3) is 0 Å². The molecule has 1 unspecified atom stereocenters. The lowest BCUT2D eigenvalue weighted by molar-refractivity contribution is -0.145. The van der Waals surface area contributed by atoms with E-state index in [-0.39, 0.29) is 12.5 Å². The highest BCUT2D eigenvalue weighted by Gasteiger charge is 2.31. The van der Waals surface area contributed by atoms with Gasteiger partial charge in [-0.1, -0.05) is 0 Å². The summed E-state index contributed by atoms with van der Waals surface area (Å²) in [5, 5.41) is 12.8. The first-order chi connectivity index (χ1) is 8.97. The van der Waals surface area contributed by atoms with Gasteiger partial charge >= 0.3 is 5.97 Å². The molecule has 3 N–H and O–H groups in total. The van der Waals surface area contributed by atoms with Crippen LogP contribution in [-0.2, 0) is 16.6 Å². The average Bonchev–Trinajstić information content (AvgIpc) is 3.06. The third kappa shape index (κ3) is 3.54. The van der Waals surface area contributed by atoms with Gasteiger partial charge in [-0.05, 0) is 18.8 Å². The van der Waals surface area contributed by atoms with Crippen LogP contribution in [0, 0.1) is 5.92 Å². The van der Waals surface area contributed by atoms with Crippen molar-refractivity contribution in [2.75, 3.05) is 13.1 Å². The van der Waals surface area contributed by atoms with Crippen molar-refractivity contribution < 1.29 is 14.7 Å². The molecule has 1 aliphatic rings. The van der Waals surface area contributed by atoms with Gasteiger partial charge in [-0.25, -0.2) is 0 Å². The first kappa shape index (κ1) is 13.5. The predicted molar refractivity (Wildman–Crippen MR) is 67.1 cm³/mol. The molecule has 0 saturated heterocycles. The zero-order chi connectivity index (χ0) is 14.0. The Bertz CT molecular complexity index is 481. The Labute approximate surface area is 111 Å². The third-order valence-electron chi connectivity index (χ3n) is 3.16. The van der Waals surface area contributed by atoms with Gasteiger partial charge in [-0.15, -0.1) is 0 Å². The number of carboxylic acids is 1. The minimum atomic E-state index is -1.02. The largest absolute Gasteiger partial charge is 0.480 e. The fourth-order valence-corrected chi connectivity index (χ4v) is 1.95. The van der Waals surface area contributed by atoms with E-state index in [1.165, 1.54) is 11.1 Å². The number of hydrogen-bond acceptors (Lipinski definition) is 4. The predicted octanol–water partition coefficient (Wildman–Crippen LogP) is -0.257. The second kappa shape index (κ2) is 5.40. The average molecular weight is 266 g/mol. The molecule has 7 nitrogen and oxygen atoms in total. The molecule has 1 aromatic rings. The molecule has 0 radical (unpaired) electrons. The lowest BCUT2D eigenvalue weighted by atomic mass is 10.1. The van der Waals surface area contributed by atoms with E-state index >= 15 is 0 Å². The van der Waals surface area contributed by atoms with Crippen LogP contribution in [0.3, 0.4) is 0 Å². The lowest BCUT2D eigenvalue weighted by Crippen LogP contribution is -2.42. The van der Waals surface area contributed by atoms with E-state index in [0.717, 1.165) is 12.8 Å². The summed E-state index contributed by atoms with van der Waals surface area (Å²) in [6.45, 7) is 0.169. The third-order valence-corrected chi connectivity index (χ3v) is 3.16. The summed E-state index contributed by atoms with van der Waals surface area (Å²) in [6, 6.07) is -0.855. The summed E-state index contributed by atoms with van der Waals surface area (Å²) in [4.78, 5) is 24.4. The van der Waals surface area contributed by atoms with Gasteiger partial charge < -0.3 is 15.7 Å². The fraction of sp³-hybridized carbons (Fsp3) is 0.583. The highest BCUT2D eigenvalue weighted by Crippen LogP contribution is 2.30. The molecule has 0 spiro atoms. The van der Waals surface area contributed by atoms with Crippen molar-refractivity contribution >= 4 is 11.9 Å². The van der Waals surface area contributed by atoms with Crippen LogP contribution < -0.4 is 5.73 Å². The van der Waals surface area contributed by atoms with Crippen molar-refractivity contribution in [2.24, 2.45) is 18.7 Å². The Morgan fingerprint density at radius 3 is 2.79 bits per heavy atom. The fourth-order valence-electron chi connectivity index (χ4n) is 1.95. The van der Waals surface area contributed by atoms with Gasteiger partial charge in [0.05, 0.1) is 6.20 Å². The van der Waals surface area contributed by atoms with Crippen LogP contribution in [-0.4, -0.2) is 44.8 Å². The molecule has 0 aliphatic heterocycles. The standard InChI is InChI=1S/C12H18N4O3/c1-15-6-9(4-14-15)11(13)12(19)16(7-10(17)18)5-8-2-3-8/h4,6,8,11H,2-3,5,7,13H2,1H3,(H,17,18). The minimum absolute atomic E-state index is 0.302. The monoisotopic (exact) mass is 266 g/mol. The van der Waals surface area contributed by atoms with E-state index in [1.54, 1.807) is 17.9 Å². The number of aliphatic carboxylic acids is 1. The van der Waals surface area contributed by atoms with Crippen molar-refractivity contribution in [1.29, 1.82) is 0 Å². The number of rotatable bonds is 6. The summed E-state index contributed by atoms with van der Waals surface area (Å²) in [7, 11) is 1.74. The Morgan fingerprint density at radius 1 is 1.63 bits per heavy atom. The minimum Gasteiger partial charge on any atom is -0.480 e. The number of aromatic nitrogens is 2. The summed E-state index contributed by atoms with van der Waals surface area (Å²) < 4.78 is 1.56. The Hall–Kier alpha value is -1.89. The van der Waals surface area contributed by atoms with Crippen LogP contribution in [0.5, 0.6) is 0 Å². The van der Waals surface area contributed by atoms with Gasteiger partial charge in [0, 0.05) is 25.4 Å². The van der Waals surface area contributed by atoms with Gasteiger partial charge in [0.15, 0.2) is 0 Å². The normalized spacial score (nSPS) is 16.1. The molecule has 19 heavy (non-hydrogen) atoms. The second-order valence-corrected chi connectivity index (χ2v) is 4.98. The van der Waals surface area contributed by atoms with Gasteiger partial charge in [-0.3, -0.25) is 14.3 Å². The smallest absolute Gasteiger partial charge is 0.323 e. The Morgan fingerprint density at radius 2 is 2.32 bits per heavy atom. The molecule has 1 aliphatic carbocycles. The van der Waals surface area contributed by atoms with Crippen molar-refractivity contribution in [3.63, 3.8) is 0 Å². The Balaban J connectivity index is 2.06. The number of nitrogens with two attached hydrogens (primary N) is 1. The molecule has 1 fully saturated rings. The van der Waals surface area contributed by atoms with Crippen molar-refractivity contribution in [1.82, 2.24) is 14.7 Å². The zero-order valence-electron chi connectivity index (χ0n) is 10.8. The molecule has 1 atom stereocenters. The highest BCUT2D eigenvalue weighted by molar-refractivity contribution is 5.86. The van der Waals surface area contributed by atoms with Crippen molar-refractivity contribution in [2.45, 2.75) is 18.9 Å². The molecule has 104 valence electrons. The number of aryl methyl sites for hydroxylation is 1. The van der Waals surface area contributed by atoms with E-state index in [2.05, 4.69) is 5.10 Å². The first-order valence-corrected chi connectivity index (χ1v) is 6.22. The van der Waals surface area contributed by atoms with Gasteiger partial charge in [0.2, 0.25) is 5.91 Å². The van der Waals surface area contributed by atoms with Crippen LogP contribution >= 0.6 is 0 Å². The summed E-state index contributed by atoms with van der Waals surface area (Å²) >= 11 is 0. The maximum Gasteiger partial charge on any atom is 0.323 e. The van der Waals surface area contributed by atoms with Gasteiger partial charge in [-0.2, -0.15) is 5.10 Å². The van der Waals surface area contributed by atoms with Crippen LogP contribution in [0.25, 0.3) is 0 Å². The maximum absolute atomic E-state index is 12.3. The first-order valence-electron chi connectivity index (χ1n) is 6.22. The number of nitrogens with zero attached hydrogens (tertiary/aromatic N) is 3. The van der Waals surface area contributed by atoms with Crippen molar-refractivity contribution in [3.8, 4) is 0 Å². The number of carbonyl (C=O) groups excluding carboxylic acids is 1. The van der Waals surface area contributed by atoms with E-state index in [1.807, 2.05) is 0 Å². The number of carbonyl (C=O) groups is 2. The summed E-state index contributed by atoms with van der Waals surface area (Å²) in [5.74, 6) is -0.959. The topological polar surface area (TPSA) is 101 Å². The molecular weight excluding hydrogens is 248 g/mol. The van der Waals surface area contributed by atoms with Crippen LogP contribution in [0.2, 0.25) is 0 Å². The summed E-state index contributed by atoms with van der Waals surface area (Å²) in [5.41, 5.74) is 6.48. The van der Waals surface area contributed by atoms with E-state index in [4.69, 9.17) is 10.8 Å². The van der Waals surface area contributed by atoms with Crippen molar-refractivity contribution in [3.05, 3.63) is 18.0 Å². The molecule has 1 amide bonds. The van der Waals surface area contributed by atoms with Crippen LogP contribution in [0.1, 0.15) is 24.4 Å². The number of amides is 1. The van der Waals surface area contributed by atoms with Crippen LogP contribution in [0.15, 0.2) is 12.4 Å². The second-order valence-electron chi connectivity index (χ2n) is 4.98. The van der Waals surface area contributed by atoms with E-state index < -0.39 is 12.0 Å². The number of hydrogen-bond donors (Lipinski definition) is 2. The summed E-state index contributed by atoms with van der Waals surface area (Å²) in [6.07, 6.45) is 5.29.